The third-order valence-electron chi connectivity index (χ3n) is 12.5. The number of hydrogen-bond donors (Lipinski definition) is 2. The van der Waals surface area contributed by atoms with E-state index >= 15 is 9.59 Å². The summed E-state index contributed by atoms with van der Waals surface area (Å²) in [5, 5.41) is 21.4. The maximum absolute atomic E-state index is 15.9. The molecule has 3 aliphatic carbocycles. The number of rotatable bonds is 11. The molecule has 2 N–H and O–H groups in total. The van der Waals surface area contributed by atoms with Gasteiger partial charge in [0.05, 0.1) is 11.6 Å². The van der Waals surface area contributed by atoms with E-state index in [-0.39, 0.29) is 40.7 Å². The van der Waals surface area contributed by atoms with Crippen molar-refractivity contribution in [2.24, 2.45) is 11.8 Å². The Morgan fingerprint density at radius 1 is 1.00 bits per heavy atom. The number of ether oxygens (including phenoxy) is 3. The molecule has 0 radical (unpaired) electrons. The molecule has 1 fully saturated rings. The van der Waals surface area contributed by atoms with Crippen LogP contribution in [0.1, 0.15) is 106 Å². The van der Waals surface area contributed by atoms with Crippen LogP contribution in [0.25, 0.3) is 16.5 Å². The van der Waals surface area contributed by atoms with Crippen LogP contribution in [0, 0.1) is 11.8 Å². The maximum Gasteiger partial charge on any atom is 0.514 e. The van der Waals surface area contributed by atoms with Crippen LogP contribution < -0.4 is 14.8 Å². The molecule has 1 heterocycles. The van der Waals surface area contributed by atoms with Crippen molar-refractivity contribution >= 4 is 42.6 Å². The second-order valence-electron chi connectivity index (χ2n) is 19.2. The second-order valence-corrected chi connectivity index (χ2v) is 23.9. The summed E-state index contributed by atoms with van der Waals surface area (Å²) in [6, 6.07) is 16.8. The first-order chi connectivity index (χ1) is 28.2. The van der Waals surface area contributed by atoms with Crippen molar-refractivity contribution in [3.8, 4) is 11.6 Å². The fourth-order valence-electron chi connectivity index (χ4n) is 8.73. The van der Waals surface area contributed by atoms with Gasteiger partial charge in [0.25, 0.3) is 5.88 Å². The summed E-state index contributed by atoms with van der Waals surface area (Å²) < 4.78 is 31.2. The Balaban J connectivity index is 1.44. The highest BCUT2D eigenvalue weighted by atomic mass is 28.4. The molecule has 0 saturated heterocycles. The van der Waals surface area contributed by atoms with E-state index in [9.17, 15) is 9.90 Å². The minimum absolute atomic E-state index is 0.0202. The van der Waals surface area contributed by atoms with Crippen molar-refractivity contribution in [3.63, 3.8) is 0 Å². The average molecular weight is 838 g/mol. The molecule has 12 nitrogen and oxygen atoms in total. The molecule has 1 saturated carbocycles. The number of Topliss-reactive ketones (excluding diaryl/α,β-unsaturated/α-hetero) is 2. The minimum Gasteiger partial charge on any atom is -0.507 e. The van der Waals surface area contributed by atoms with Crippen LogP contribution in [0.3, 0.4) is 0 Å². The largest absolute Gasteiger partial charge is 0.514 e. The molecule has 13 heteroatoms. The number of aliphatic hydroxyl groups is 1. The highest BCUT2D eigenvalue weighted by Gasteiger charge is 2.69. The number of benzene rings is 3. The zero-order chi connectivity index (χ0) is 43.5. The number of carbonyl (C=O) groups is 3. The molecule has 3 aromatic carbocycles. The van der Waals surface area contributed by atoms with Gasteiger partial charge in [0.1, 0.15) is 23.5 Å². The number of carbonyl (C=O) groups excluding carboxylic acids is 3. The lowest BCUT2D eigenvalue weighted by atomic mass is 9.57. The molecular weight excluding hydrogens is 779 g/mol. The number of aliphatic hydroxyl groups excluding tert-OH is 1. The van der Waals surface area contributed by atoms with Gasteiger partial charge < -0.3 is 33.6 Å². The SMILES string of the molecule is CCCNCc1ccc2cc3c(c(OC(=O)OC(C)(C)C)c2c1)C(O)=C1C(=O)[C@]2(O[Si](C)(C)C(C)(C)C)C(=O)c4c(OCc5ccccc5)noc4[C@@H](N(C)C)[C@@H]2C[C@@H]1C3. The fourth-order valence-corrected chi connectivity index (χ4v) is 10.2. The monoisotopic (exact) mass is 837 g/mol. The van der Waals surface area contributed by atoms with Gasteiger partial charge in [0, 0.05) is 23.4 Å². The van der Waals surface area contributed by atoms with Gasteiger partial charge in [-0.3, -0.25) is 14.5 Å². The van der Waals surface area contributed by atoms with Gasteiger partial charge >= 0.3 is 6.16 Å². The number of hydrogen-bond acceptors (Lipinski definition) is 12. The van der Waals surface area contributed by atoms with Crippen LogP contribution in [-0.2, 0) is 33.5 Å². The summed E-state index contributed by atoms with van der Waals surface area (Å²) in [6.45, 7) is 19.0. The number of aromatic nitrogens is 1. The van der Waals surface area contributed by atoms with Crippen molar-refractivity contribution < 1.29 is 42.6 Å². The first kappa shape index (κ1) is 43.3. The van der Waals surface area contributed by atoms with Crippen molar-refractivity contribution in [1.29, 1.82) is 0 Å². The molecule has 60 heavy (non-hydrogen) atoms. The van der Waals surface area contributed by atoms with E-state index < -0.39 is 60.2 Å². The van der Waals surface area contributed by atoms with Crippen molar-refractivity contribution in [1.82, 2.24) is 15.4 Å². The van der Waals surface area contributed by atoms with E-state index in [0.717, 1.165) is 29.5 Å². The van der Waals surface area contributed by atoms with E-state index in [1.807, 2.05) is 86.7 Å². The topological polar surface area (TPSA) is 150 Å². The van der Waals surface area contributed by atoms with Crippen LogP contribution in [0.5, 0.6) is 11.6 Å². The first-order valence-corrected chi connectivity index (χ1v) is 23.8. The number of nitrogens with one attached hydrogen (secondary N) is 1. The standard InChI is InChI=1S/C47H59N3O9Si/c1-12-20-48-25-28-18-19-29-22-30-23-31-24-33-37(50(8)9)40-36(43(49-58-40)55-26-27-16-14-13-15-17-27)42(53)47(33,59-60(10,11)46(5,6)7)41(52)35(31)38(51)34(30)39(32(29)21-28)56-44(54)57-45(2,3)4/h13-19,21-22,31,33,37,48,51H,12,20,23-26H2,1-11H3/t31-,33-,37-,47-/m0/s1. The molecule has 0 spiro atoms. The number of fused-ring (bicyclic) bond motifs is 5. The lowest BCUT2D eigenvalue weighted by molar-refractivity contribution is -0.140. The quantitative estimate of drug-likeness (QED) is 0.0487. The third kappa shape index (κ3) is 7.69. The fraction of sp³-hybridized carbons (Fsp3) is 0.489. The molecule has 7 rings (SSSR count). The highest BCUT2D eigenvalue weighted by Crippen LogP contribution is 2.59. The van der Waals surface area contributed by atoms with Gasteiger partial charge in [-0.05, 0) is 118 Å². The van der Waals surface area contributed by atoms with Crippen molar-refractivity contribution in [3.05, 3.63) is 93.7 Å². The Bertz CT molecular complexity index is 2350. The second kappa shape index (κ2) is 15.9. The Kier molecular flexibility index (Phi) is 11.5. The Hall–Kier alpha value is -4.82. The van der Waals surface area contributed by atoms with Crippen LogP contribution in [0.15, 0.2) is 64.7 Å². The number of ketones is 2. The predicted molar refractivity (Wildman–Crippen MR) is 232 cm³/mol. The molecule has 0 bridgehead atoms. The Morgan fingerprint density at radius 3 is 2.37 bits per heavy atom. The molecular formula is C47H59N3O9Si. The third-order valence-corrected chi connectivity index (χ3v) is 16.9. The zero-order valence-electron chi connectivity index (χ0n) is 36.8. The molecule has 320 valence electrons. The lowest BCUT2D eigenvalue weighted by Crippen LogP contribution is -2.68. The van der Waals surface area contributed by atoms with Gasteiger partial charge in [-0.2, -0.15) is 0 Å². The smallest absolute Gasteiger partial charge is 0.507 e. The van der Waals surface area contributed by atoms with E-state index in [4.69, 9.17) is 23.2 Å². The molecule has 0 aliphatic heterocycles. The van der Waals surface area contributed by atoms with Crippen LogP contribution in [-0.4, -0.2) is 73.0 Å². The maximum atomic E-state index is 15.9. The number of nitrogens with zero attached hydrogens (tertiary/aromatic N) is 2. The normalized spacial score (nSPS) is 21.7. The minimum atomic E-state index is -2.96. The summed E-state index contributed by atoms with van der Waals surface area (Å²) >= 11 is 0. The van der Waals surface area contributed by atoms with Crippen molar-refractivity contribution in [2.75, 3.05) is 20.6 Å². The molecule has 4 atom stereocenters. The molecule has 1 aromatic heterocycles. The van der Waals surface area contributed by atoms with Crippen LogP contribution in [0.4, 0.5) is 4.79 Å². The van der Waals surface area contributed by atoms with Gasteiger partial charge in [0.2, 0.25) is 11.6 Å². The van der Waals surface area contributed by atoms with E-state index in [0.29, 0.717) is 36.1 Å². The Morgan fingerprint density at radius 2 is 1.72 bits per heavy atom. The lowest BCUT2D eigenvalue weighted by Gasteiger charge is -2.55. The summed E-state index contributed by atoms with van der Waals surface area (Å²) in [4.78, 5) is 47.0. The summed E-state index contributed by atoms with van der Waals surface area (Å²) in [7, 11) is 0.813. The van der Waals surface area contributed by atoms with Crippen LogP contribution in [0.2, 0.25) is 18.1 Å². The molecule has 3 aliphatic rings. The van der Waals surface area contributed by atoms with Gasteiger partial charge in [-0.15, -0.1) is 0 Å². The van der Waals surface area contributed by atoms with Gasteiger partial charge in [0.15, 0.2) is 25.4 Å². The van der Waals surface area contributed by atoms with Gasteiger partial charge in [-0.25, -0.2) is 4.79 Å². The zero-order valence-corrected chi connectivity index (χ0v) is 37.8. The molecule has 4 aromatic rings. The van der Waals surface area contributed by atoms with Gasteiger partial charge in [-0.1, -0.05) is 76.2 Å². The Labute approximate surface area is 353 Å². The van der Waals surface area contributed by atoms with Crippen LogP contribution >= 0.6 is 0 Å². The first-order valence-electron chi connectivity index (χ1n) is 20.9. The van der Waals surface area contributed by atoms with E-state index in [1.165, 1.54) is 0 Å². The summed E-state index contributed by atoms with van der Waals surface area (Å²) in [6.07, 6.45) is 0.649. The summed E-state index contributed by atoms with van der Waals surface area (Å²) in [5.74, 6) is -2.40. The highest BCUT2D eigenvalue weighted by molar-refractivity contribution is 6.74. The molecule has 0 unspecified atom stereocenters. The van der Waals surface area contributed by atoms with Crippen molar-refractivity contribution in [2.45, 2.75) is 116 Å². The molecule has 0 amide bonds. The van der Waals surface area contributed by atoms with E-state index in [2.05, 4.69) is 38.2 Å². The predicted octanol–water partition coefficient (Wildman–Crippen LogP) is 9.51. The summed E-state index contributed by atoms with van der Waals surface area (Å²) in [5.41, 5.74) is -0.0651. The van der Waals surface area contributed by atoms with E-state index in [1.54, 1.807) is 20.8 Å². The average Bonchev–Trinajstić information content (AvgIpc) is 3.57.